The number of hydrogen-bond acceptors (Lipinski definition) is 5. The van der Waals surface area contributed by atoms with Crippen molar-refractivity contribution in [2.45, 2.75) is 19.3 Å². The first-order chi connectivity index (χ1) is 11.9. The van der Waals surface area contributed by atoms with Crippen LogP contribution in [0.5, 0.6) is 5.75 Å². The van der Waals surface area contributed by atoms with Gasteiger partial charge < -0.3 is 4.74 Å². The molecular weight excluding hydrogens is 302 g/mol. The summed E-state index contributed by atoms with van der Waals surface area (Å²) < 4.78 is 7.63. The fraction of sp³-hybridized carbons (Fsp3) is 0.389. The van der Waals surface area contributed by atoms with E-state index in [2.05, 4.69) is 20.0 Å². The monoisotopic (exact) mass is 323 g/mol. The molecule has 0 unspecified atom stereocenters. The summed E-state index contributed by atoms with van der Waals surface area (Å²) in [6.45, 7) is 4.04. The molecule has 0 saturated carbocycles. The summed E-state index contributed by atoms with van der Waals surface area (Å²) in [7, 11) is 0. The van der Waals surface area contributed by atoms with Crippen LogP contribution in [0.1, 0.15) is 19.3 Å². The van der Waals surface area contributed by atoms with Gasteiger partial charge in [-0.2, -0.15) is 5.10 Å². The number of aromatic nitrogens is 4. The van der Waals surface area contributed by atoms with Crippen molar-refractivity contribution >= 4 is 5.65 Å². The van der Waals surface area contributed by atoms with Crippen LogP contribution in [-0.4, -0.2) is 50.7 Å². The summed E-state index contributed by atoms with van der Waals surface area (Å²) in [5, 5.41) is 4.40. The highest BCUT2D eigenvalue weighted by Gasteiger charge is 2.11. The molecule has 6 nitrogen and oxygen atoms in total. The third-order valence-corrected chi connectivity index (χ3v) is 4.45. The van der Waals surface area contributed by atoms with Crippen LogP contribution >= 0.6 is 0 Å². The standard InChI is InChI=1S/C18H21N5O/c1-2-8-22(9-3-1)10-11-24-16-12-20-18-17(13-21-23(18)14-16)15-4-6-19-7-5-15/h4-7,12-14H,1-3,8-11H2. The van der Waals surface area contributed by atoms with Gasteiger partial charge in [-0.15, -0.1) is 0 Å². The van der Waals surface area contributed by atoms with Crippen molar-refractivity contribution in [2.24, 2.45) is 0 Å². The average Bonchev–Trinajstić information content (AvgIpc) is 3.07. The second-order valence-corrected chi connectivity index (χ2v) is 6.10. The minimum absolute atomic E-state index is 0.686. The lowest BCUT2D eigenvalue weighted by Gasteiger charge is -2.26. The fourth-order valence-electron chi connectivity index (χ4n) is 3.14. The van der Waals surface area contributed by atoms with Gasteiger partial charge >= 0.3 is 0 Å². The number of likely N-dealkylation sites (tertiary alicyclic amines) is 1. The SMILES string of the molecule is c1cc(-c2cnn3cc(OCCN4CCCCC4)cnc23)ccn1. The molecule has 1 saturated heterocycles. The van der Waals surface area contributed by atoms with E-state index in [9.17, 15) is 0 Å². The summed E-state index contributed by atoms with van der Waals surface area (Å²) in [6.07, 6.45) is 13.0. The smallest absolute Gasteiger partial charge is 0.163 e. The third-order valence-electron chi connectivity index (χ3n) is 4.45. The molecule has 3 aromatic rings. The van der Waals surface area contributed by atoms with Crippen LogP contribution in [0.3, 0.4) is 0 Å². The molecule has 1 aliphatic rings. The van der Waals surface area contributed by atoms with Gasteiger partial charge in [0.1, 0.15) is 6.61 Å². The van der Waals surface area contributed by atoms with E-state index >= 15 is 0 Å². The van der Waals surface area contributed by atoms with Gasteiger partial charge in [-0.1, -0.05) is 6.42 Å². The van der Waals surface area contributed by atoms with E-state index in [1.807, 2.05) is 24.5 Å². The lowest BCUT2D eigenvalue weighted by molar-refractivity contribution is 0.183. The molecule has 0 N–H and O–H groups in total. The number of nitrogens with zero attached hydrogens (tertiary/aromatic N) is 5. The zero-order chi connectivity index (χ0) is 16.2. The number of pyridine rings is 1. The van der Waals surface area contributed by atoms with Crippen LogP contribution < -0.4 is 4.74 Å². The number of piperidine rings is 1. The molecule has 24 heavy (non-hydrogen) atoms. The van der Waals surface area contributed by atoms with Crippen molar-refractivity contribution in [3.8, 4) is 16.9 Å². The molecule has 124 valence electrons. The van der Waals surface area contributed by atoms with Crippen LogP contribution in [0.25, 0.3) is 16.8 Å². The van der Waals surface area contributed by atoms with E-state index in [1.165, 1.54) is 32.4 Å². The molecule has 3 aromatic heterocycles. The maximum Gasteiger partial charge on any atom is 0.163 e. The Morgan fingerprint density at radius 2 is 1.88 bits per heavy atom. The highest BCUT2D eigenvalue weighted by Crippen LogP contribution is 2.23. The van der Waals surface area contributed by atoms with E-state index < -0.39 is 0 Å². The lowest BCUT2D eigenvalue weighted by atomic mass is 10.1. The zero-order valence-corrected chi connectivity index (χ0v) is 13.6. The van der Waals surface area contributed by atoms with E-state index in [4.69, 9.17) is 4.74 Å². The minimum Gasteiger partial charge on any atom is -0.489 e. The first kappa shape index (κ1) is 15.1. The highest BCUT2D eigenvalue weighted by atomic mass is 16.5. The van der Waals surface area contributed by atoms with E-state index in [0.717, 1.165) is 29.1 Å². The Balaban J connectivity index is 1.44. The maximum absolute atomic E-state index is 5.86. The summed E-state index contributed by atoms with van der Waals surface area (Å²) in [5.74, 6) is 0.754. The minimum atomic E-state index is 0.686. The molecule has 0 atom stereocenters. The summed E-state index contributed by atoms with van der Waals surface area (Å²) in [4.78, 5) is 11.0. The normalized spacial score (nSPS) is 15.7. The van der Waals surface area contributed by atoms with Gasteiger partial charge in [0.25, 0.3) is 0 Å². The van der Waals surface area contributed by atoms with Crippen LogP contribution in [0.4, 0.5) is 0 Å². The van der Waals surface area contributed by atoms with Gasteiger partial charge in [0.05, 0.1) is 18.6 Å². The second kappa shape index (κ2) is 6.97. The van der Waals surface area contributed by atoms with Crippen molar-refractivity contribution < 1.29 is 4.74 Å². The molecule has 0 spiro atoms. The first-order valence-electron chi connectivity index (χ1n) is 8.49. The largest absolute Gasteiger partial charge is 0.489 e. The molecule has 1 fully saturated rings. The van der Waals surface area contributed by atoms with E-state index in [-0.39, 0.29) is 0 Å². The lowest BCUT2D eigenvalue weighted by Crippen LogP contribution is -2.33. The molecule has 0 bridgehead atoms. The molecule has 0 aliphatic carbocycles. The Hall–Kier alpha value is -2.47. The Bertz CT molecular complexity index is 796. The molecule has 0 amide bonds. The number of fused-ring (bicyclic) bond motifs is 1. The van der Waals surface area contributed by atoms with Gasteiger partial charge in [-0.25, -0.2) is 9.50 Å². The second-order valence-electron chi connectivity index (χ2n) is 6.10. The fourth-order valence-corrected chi connectivity index (χ4v) is 3.14. The molecule has 0 aromatic carbocycles. The van der Waals surface area contributed by atoms with Crippen molar-refractivity contribution in [3.05, 3.63) is 43.1 Å². The van der Waals surface area contributed by atoms with Crippen molar-refractivity contribution in [1.29, 1.82) is 0 Å². The van der Waals surface area contributed by atoms with Crippen LogP contribution in [-0.2, 0) is 0 Å². The quantitative estimate of drug-likeness (QED) is 0.722. The van der Waals surface area contributed by atoms with E-state index in [1.54, 1.807) is 23.1 Å². The molecule has 0 radical (unpaired) electrons. The summed E-state index contributed by atoms with van der Waals surface area (Å²) in [5.41, 5.74) is 2.88. The van der Waals surface area contributed by atoms with Gasteiger partial charge in [-0.3, -0.25) is 9.88 Å². The molecule has 6 heteroatoms. The number of hydrogen-bond donors (Lipinski definition) is 0. The van der Waals surface area contributed by atoms with Crippen molar-refractivity contribution in [2.75, 3.05) is 26.2 Å². The molecule has 4 rings (SSSR count). The van der Waals surface area contributed by atoms with Gasteiger partial charge in [0, 0.05) is 24.5 Å². The third kappa shape index (κ3) is 3.23. The van der Waals surface area contributed by atoms with Gasteiger partial charge in [-0.05, 0) is 43.6 Å². The number of rotatable bonds is 5. The topological polar surface area (TPSA) is 55.6 Å². The predicted molar refractivity (Wildman–Crippen MR) is 92.0 cm³/mol. The van der Waals surface area contributed by atoms with Gasteiger partial charge in [0.2, 0.25) is 0 Å². The first-order valence-corrected chi connectivity index (χ1v) is 8.49. The Morgan fingerprint density at radius 3 is 2.71 bits per heavy atom. The maximum atomic E-state index is 5.86. The van der Waals surface area contributed by atoms with Crippen molar-refractivity contribution in [3.63, 3.8) is 0 Å². The molecule has 1 aliphatic heterocycles. The average molecular weight is 323 g/mol. The Kier molecular flexibility index (Phi) is 4.38. The number of ether oxygens (including phenoxy) is 1. The van der Waals surface area contributed by atoms with Crippen molar-refractivity contribution in [1.82, 2.24) is 24.5 Å². The van der Waals surface area contributed by atoms with Gasteiger partial charge in [0.15, 0.2) is 11.4 Å². The summed E-state index contributed by atoms with van der Waals surface area (Å²) in [6, 6.07) is 3.92. The predicted octanol–water partition coefficient (Wildman–Crippen LogP) is 2.66. The zero-order valence-electron chi connectivity index (χ0n) is 13.6. The van der Waals surface area contributed by atoms with Crippen LogP contribution in [0.15, 0.2) is 43.1 Å². The summed E-state index contributed by atoms with van der Waals surface area (Å²) >= 11 is 0. The van der Waals surface area contributed by atoms with Crippen LogP contribution in [0, 0.1) is 0 Å². The highest BCUT2D eigenvalue weighted by molar-refractivity contribution is 5.76. The van der Waals surface area contributed by atoms with Crippen LogP contribution in [0.2, 0.25) is 0 Å². The molecule has 4 heterocycles. The van der Waals surface area contributed by atoms with E-state index in [0.29, 0.717) is 6.61 Å². The molecular formula is C18H21N5O. The Labute approximate surface area is 141 Å². The Morgan fingerprint density at radius 1 is 1.04 bits per heavy atom.